The van der Waals surface area contributed by atoms with E-state index in [0.29, 0.717) is 23.2 Å². The number of anilines is 1. The van der Waals surface area contributed by atoms with Crippen LogP contribution in [0, 0.1) is 5.92 Å². The molecule has 0 saturated heterocycles. The van der Waals surface area contributed by atoms with Crippen molar-refractivity contribution in [3.05, 3.63) is 47.0 Å². The number of aryl methyl sites for hydroxylation is 1. The standard InChI is InChI=1S/C15H14N4O3/c20-14(9-3-4-19-8-16-7-11(19)5-9)17-10-1-2-13-12(6-10)18-15(21)22-13/h1-2,6-9H,3-5H2,(H,17,20)(H,18,21). The molecule has 7 nitrogen and oxygen atoms in total. The van der Waals surface area contributed by atoms with Gasteiger partial charge in [0.2, 0.25) is 5.91 Å². The molecular weight excluding hydrogens is 284 g/mol. The molecule has 7 heteroatoms. The molecule has 0 saturated carbocycles. The molecule has 1 aliphatic heterocycles. The van der Waals surface area contributed by atoms with Crippen LogP contribution in [-0.4, -0.2) is 20.4 Å². The number of rotatable bonds is 2. The van der Waals surface area contributed by atoms with Gasteiger partial charge in [0.15, 0.2) is 5.58 Å². The Labute approximate surface area is 125 Å². The minimum absolute atomic E-state index is 0.0161. The first-order chi connectivity index (χ1) is 10.7. The van der Waals surface area contributed by atoms with Gasteiger partial charge in [0.25, 0.3) is 0 Å². The van der Waals surface area contributed by atoms with Crippen molar-refractivity contribution in [3.63, 3.8) is 0 Å². The number of oxazole rings is 1. The van der Waals surface area contributed by atoms with E-state index >= 15 is 0 Å². The molecule has 1 unspecified atom stereocenters. The third-order valence-corrected chi connectivity index (χ3v) is 4.03. The van der Waals surface area contributed by atoms with Crippen molar-refractivity contribution in [2.45, 2.75) is 19.4 Å². The summed E-state index contributed by atoms with van der Waals surface area (Å²) in [4.78, 5) is 30.2. The molecule has 1 aromatic carbocycles. The predicted octanol–water partition coefficient (Wildman–Crippen LogP) is 1.52. The highest BCUT2D eigenvalue weighted by Crippen LogP contribution is 2.22. The summed E-state index contributed by atoms with van der Waals surface area (Å²) >= 11 is 0. The van der Waals surface area contributed by atoms with Crippen molar-refractivity contribution in [2.24, 2.45) is 5.92 Å². The SMILES string of the molecule is O=C(Nc1ccc2oc(=O)[nH]c2c1)C1CCn2cncc2C1. The number of carbonyl (C=O) groups is 1. The summed E-state index contributed by atoms with van der Waals surface area (Å²) < 4.78 is 7.02. The molecule has 1 aliphatic rings. The average Bonchev–Trinajstić information content (AvgIpc) is 3.10. The molecule has 2 aromatic heterocycles. The lowest BCUT2D eigenvalue weighted by Crippen LogP contribution is -2.29. The quantitative estimate of drug-likeness (QED) is 0.750. The van der Waals surface area contributed by atoms with Crippen molar-refractivity contribution < 1.29 is 9.21 Å². The lowest BCUT2D eigenvalue weighted by Gasteiger charge is -2.22. The lowest BCUT2D eigenvalue weighted by molar-refractivity contribution is -0.120. The van der Waals surface area contributed by atoms with Crippen molar-refractivity contribution in [2.75, 3.05) is 5.32 Å². The zero-order valence-corrected chi connectivity index (χ0v) is 11.7. The number of fused-ring (bicyclic) bond motifs is 2. The molecule has 0 spiro atoms. The van der Waals surface area contributed by atoms with E-state index in [1.807, 2.05) is 6.20 Å². The van der Waals surface area contributed by atoms with Crippen molar-refractivity contribution in [1.82, 2.24) is 14.5 Å². The number of aromatic amines is 1. The molecule has 0 aliphatic carbocycles. The fourth-order valence-corrected chi connectivity index (χ4v) is 2.87. The molecule has 3 aromatic rings. The van der Waals surface area contributed by atoms with Gasteiger partial charge in [0.05, 0.1) is 11.8 Å². The second-order valence-electron chi connectivity index (χ2n) is 5.48. The van der Waals surface area contributed by atoms with Crippen LogP contribution < -0.4 is 11.1 Å². The van der Waals surface area contributed by atoms with Crippen molar-refractivity contribution in [1.29, 1.82) is 0 Å². The molecule has 4 rings (SSSR count). The van der Waals surface area contributed by atoms with E-state index in [4.69, 9.17) is 4.42 Å². The average molecular weight is 298 g/mol. The van der Waals surface area contributed by atoms with Crippen LogP contribution in [0.5, 0.6) is 0 Å². The summed E-state index contributed by atoms with van der Waals surface area (Å²) in [6.45, 7) is 0.807. The van der Waals surface area contributed by atoms with Crippen LogP contribution in [0.4, 0.5) is 5.69 Å². The van der Waals surface area contributed by atoms with Gasteiger partial charge in [0, 0.05) is 36.5 Å². The Kier molecular flexibility index (Phi) is 2.85. The Hall–Kier alpha value is -2.83. The van der Waals surface area contributed by atoms with E-state index in [1.54, 1.807) is 24.5 Å². The summed E-state index contributed by atoms with van der Waals surface area (Å²) in [6.07, 6.45) is 5.09. The summed E-state index contributed by atoms with van der Waals surface area (Å²) in [5.41, 5.74) is 2.78. The van der Waals surface area contributed by atoms with Crippen LogP contribution in [0.3, 0.4) is 0 Å². The molecule has 22 heavy (non-hydrogen) atoms. The zero-order valence-electron chi connectivity index (χ0n) is 11.7. The number of hydrogen-bond acceptors (Lipinski definition) is 4. The van der Waals surface area contributed by atoms with Crippen LogP contribution >= 0.6 is 0 Å². The number of amides is 1. The monoisotopic (exact) mass is 298 g/mol. The summed E-state index contributed by atoms with van der Waals surface area (Å²) in [5.74, 6) is -0.583. The van der Waals surface area contributed by atoms with Gasteiger partial charge in [-0.25, -0.2) is 9.78 Å². The van der Waals surface area contributed by atoms with Crippen LogP contribution in [-0.2, 0) is 17.8 Å². The largest absolute Gasteiger partial charge is 0.417 e. The second kappa shape index (κ2) is 4.87. The number of benzene rings is 1. The smallest absolute Gasteiger partial charge is 0.408 e. The van der Waals surface area contributed by atoms with E-state index in [1.165, 1.54) is 0 Å². The Bertz CT molecular complexity index is 905. The van der Waals surface area contributed by atoms with Crippen LogP contribution in [0.25, 0.3) is 11.1 Å². The fraction of sp³-hybridized carbons (Fsp3) is 0.267. The number of aromatic nitrogens is 3. The third-order valence-electron chi connectivity index (χ3n) is 4.03. The first kappa shape index (κ1) is 12.9. The number of imidazole rings is 1. The van der Waals surface area contributed by atoms with Crippen molar-refractivity contribution >= 4 is 22.7 Å². The highest BCUT2D eigenvalue weighted by Gasteiger charge is 2.24. The van der Waals surface area contributed by atoms with Crippen LogP contribution in [0.2, 0.25) is 0 Å². The first-order valence-electron chi connectivity index (χ1n) is 7.12. The molecular formula is C15H14N4O3. The van der Waals surface area contributed by atoms with Gasteiger partial charge in [-0.3, -0.25) is 9.78 Å². The van der Waals surface area contributed by atoms with Gasteiger partial charge in [-0.1, -0.05) is 0 Å². The molecule has 1 atom stereocenters. The minimum atomic E-state index is -0.501. The molecule has 3 heterocycles. The molecule has 112 valence electrons. The van der Waals surface area contributed by atoms with E-state index in [2.05, 4.69) is 19.9 Å². The Morgan fingerprint density at radius 2 is 2.36 bits per heavy atom. The maximum absolute atomic E-state index is 12.4. The number of carbonyl (C=O) groups excluding carboxylic acids is 1. The lowest BCUT2D eigenvalue weighted by atomic mass is 9.95. The van der Waals surface area contributed by atoms with Gasteiger partial charge in [-0.2, -0.15) is 0 Å². The van der Waals surface area contributed by atoms with E-state index in [-0.39, 0.29) is 11.8 Å². The number of nitrogens with zero attached hydrogens (tertiary/aromatic N) is 2. The second-order valence-corrected chi connectivity index (χ2v) is 5.48. The molecule has 0 bridgehead atoms. The molecule has 0 fully saturated rings. The number of hydrogen-bond donors (Lipinski definition) is 2. The zero-order chi connectivity index (χ0) is 15.1. The molecule has 0 radical (unpaired) electrons. The first-order valence-corrected chi connectivity index (χ1v) is 7.12. The predicted molar refractivity (Wildman–Crippen MR) is 79.5 cm³/mol. The Balaban J connectivity index is 1.52. The fourth-order valence-electron chi connectivity index (χ4n) is 2.87. The summed E-state index contributed by atoms with van der Waals surface area (Å²) in [7, 11) is 0. The van der Waals surface area contributed by atoms with Gasteiger partial charge >= 0.3 is 5.76 Å². The molecule has 2 N–H and O–H groups in total. The third kappa shape index (κ3) is 2.20. The van der Waals surface area contributed by atoms with E-state index in [9.17, 15) is 9.59 Å². The minimum Gasteiger partial charge on any atom is -0.408 e. The van der Waals surface area contributed by atoms with E-state index in [0.717, 1.165) is 18.7 Å². The Morgan fingerprint density at radius 1 is 1.45 bits per heavy atom. The normalized spacial score (nSPS) is 17.4. The summed E-state index contributed by atoms with van der Waals surface area (Å²) in [6, 6.07) is 5.09. The van der Waals surface area contributed by atoms with Gasteiger partial charge in [0.1, 0.15) is 0 Å². The topological polar surface area (TPSA) is 92.9 Å². The van der Waals surface area contributed by atoms with Gasteiger partial charge in [-0.05, 0) is 24.6 Å². The maximum atomic E-state index is 12.4. The molecule has 1 amide bonds. The van der Waals surface area contributed by atoms with Crippen LogP contribution in [0.1, 0.15) is 12.1 Å². The highest BCUT2D eigenvalue weighted by atomic mass is 16.4. The van der Waals surface area contributed by atoms with E-state index < -0.39 is 5.76 Å². The maximum Gasteiger partial charge on any atom is 0.417 e. The highest BCUT2D eigenvalue weighted by molar-refractivity contribution is 5.94. The number of H-pyrrole nitrogens is 1. The van der Waals surface area contributed by atoms with Crippen LogP contribution in [0.15, 0.2) is 39.9 Å². The Morgan fingerprint density at radius 3 is 3.27 bits per heavy atom. The van der Waals surface area contributed by atoms with Gasteiger partial charge in [-0.15, -0.1) is 0 Å². The summed E-state index contributed by atoms with van der Waals surface area (Å²) in [5, 5.41) is 2.90. The van der Waals surface area contributed by atoms with Gasteiger partial charge < -0.3 is 14.3 Å². The number of nitrogens with one attached hydrogen (secondary N) is 2. The van der Waals surface area contributed by atoms with Crippen molar-refractivity contribution in [3.8, 4) is 0 Å².